The Labute approximate surface area is 180 Å². The lowest BCUT2D eigenvalue weighted by molar-refractivity contribution is 0.101. The van der Waals surface area contributed by atoms with Crippen LogP contribution >= 0.6 is 0 Å². The average molecular weight is 418 g/mol. The molecule has 0 radical (unpaired) electrons. The quantitative estimate of drug-likeness (QED) is 0.432. The molecule has 0 unspecified atom stereocenters. The molecule has 7 heteroatoms. The molecule has 0 fully saturated rings. The molecule has 158 valence electrons. The summed E-state index contributed by atoms with van der Waals surface area (Å²) < 4.78 is 9.69. The van der Waals surface area contributed by atoms with Gasteiger partial charge in [0.15, 0.2) is 0 Å². The molecule has 0 atom stereocenters. The van der Waals surface area contributed by atoms with Crippen molar-refractivity contribution in [3.8, 4) is 5.75 Å². The SMILES string of the molecule is CCOC(=O)Oc1ccc(C(=O)Nc2ccccc2NC(=O)c2ccc(C)cc2)cc1. The number of aryl methyl sites for hydroxylation is 1. The van der Waals surface area contributed by atoms with E-state index in [1.165, 1.54) is 24.3 Å². The van der Waals surface area contributed by atoms with Crippen molar-refractivity contribution in [1.29, 1.82) is 0 Å². The molecule has 0 saturated carbocycles. The highest BCUT2D eigenvalue weighted by atomic mass is 16.7. The number of anilines is 2. The molecule has 3 aromatic carbocycles. The Kier molecular flexibility index (Phi) is 7.01. The largest absolute Gasteiger partial charge is 0.513 e. The van der Waals surface area contributed by atoms with Gasteiger partial charge in [-0.05, 0) is 62.4 Å². The zero-order chi connectivity index (χ0) is 22.2. The van der Waals surface area contributed by atoms with Crippen molar-refractivity contribution in [3.63, 3.8) is 0 Å². The van der Waals surface area contributed by atoms with Crippen molar-refractivity contribution in [3.05, 3.63) is 89.5 Å². The maximum atomic E-state index is 12.6. The third-order valence-electron chi connectivity index (χ3n) is 4.32. The van der Waals surface area contributed by atoms with Crippen LogP contribution in [0.15, 0.2) is 72.8 Å². The van der Waals surface area contributed by atoms with E-state index in [-0.39, 0.29) is 24.2 Å². The maximum Gasteiger partial charge on any atom is 0.513 e. The normalized spacial score (nSPS) is 10.1. The smallest absolute Gasteiger partial charge is 0.434 e. The van der Waals surface area contributed by atoms with Crippen molar-refractivity contribution in [2.45, 2.75) is 13.8 Å². The van der Waals surface area contributed by atoms with Crippen molar-refractivity contribution < 1.29 is 23.9 Å². The highest BCUT2D eigenvalue weighted by molar-refractivity contribution is 6.10. The Balaban J connectivity index is 1.68. The Morgan fingerprint density at radius 1 is 0.742 bits per heavy atom. The summed E-state index contributed by atoms with van der Waals surface area (Å²) in [6, 6.07) is 20.2. The van der Waals surface area contributed by atoms with E-state index in [0.29, 0.717) is 22.5 Å². The number of rotatable bonds is 6. The molecule has 3 rings (SSSR count). The number of carbonyl (C=O) groups is 3. The van der Waals surface area contributed by atoms with Gasteiger partial charge >= 0.3 is 6.16 Å². The van der Waals surface area contributed by atoms with Gasteiger partial charge in [0.05, 0.1) is 18.0 Å². The molecule has 2 amide bonds. The number of amides is 2. The molecule has 0 aliphatic carbocycles. The molecule has 0 heterocycles. The van der Waals surface area contributed by atoms with Crippen LogP contribution in [0.25, 0.3) is 0 Å². The van der Waals surface area contributed by atoms with Gasteiger partial charge in [-0.25, -0.2) is 4.79 Å². The molecule has 0 spiro atoms. The average Bonchev–Trinajstić information content (AvgIpc) is 2.76. The predicted octanol–water partition coefficient (Wildman–Crippen LogP) is 5.03. The van der Waals surface area contributed by atoms with Crippen LogP contribution in [0, 0.1) is 6.92 Å². The number of hydrogen-bond acceptors (Lipinski definition) is 5. The first-order chi connectivity index (χ1) is 15.0. The molecule has 0 aromatic heterocycles. The number of benzene rings is 3. The monoisotopic (exact) mass is 418 g/mol. The fourth-order valence-corrected chi connectivity index (χ4v) is 2.71. The summed E-state index contributed by atoms with van der Waals surface area (Å²) in [6.45, 7) is 3.83. The van der Waals surface area contributed by atoms with Gasteiger partial charge in [-0.15, -0.1) is 0 Å². The van der Waals surface area contributed by atoms with Crippen LogP contribution in [0.5, 0.6) is 5.75 Å². The second-order valence-corrected chi connectivity index (χ2v) is 6.63. The predicted molar refractivity (Wildman–Crippen MR) is 118 cm³/mol. The summed E-state index contributed by atoms with van der Waals surface area (Å²) in [7, 11) is 0. The number of carbonyl (C=O) groups excluding carboxylic acids is 3. The van der Waals surface area contributed by atoms with Crippen LogP contribution in [0.3, 0.4) is 0 Å². The van der Waals surface area contributed by atoms with Crippen LogP contribution in [0.4, 0.5) is 16.2 Å². The first-order valence-corrected chi connectivity index (χ1v) is 9.69. The molecule has 0 aliphatic heterocycles. The van der Waals surface area contributed by atoms with Crippen molar-refractivity contribution in [2.75, 3.05) is 17.2 Å². The van der Waals surface area contributed by atoms with Crippen molar-refractivity contribution >= 4 is 29.3 Å². The number of nitrogens with one attached hydrogen (secondary N) is 2. The Morgan fingerprint density at radius 3 is 1.71 bits per heavy atom. The Bertz CT molecular complexity index is 1080. The van der Waals surface area contributed by atoms with E-state index >= 15 is 0 Å². The van der Waals surface area contributed by atoms with Gasteiger partial charge in [0.2, 0.25) is 0 Å². The molecular formula is C24H22N2O5. The van der Waals surface area contributed by atoms with Crippen molar-refractivity contribution in [2.24, 2.45) is 0 Å². The van der Waals surface area contributed by atoms with E-state index in [4.69, 9.17) is 9.47 Å². The molecule has 31 heavy (non-hydrogen) atoms. The van der Waals surface area contributed by atoms with Gasteiger partial charge in [0.25, 0.3) is 11.8 Å². The molecule has 0 aliphatic rings. The summed E-state index contributed by atoms with van der Waals surface area (Å²) in [5, 5.41) is 5.61. The standard InChI is InChI=1S/C24H22N2O5/c1-3-30-24(29)31-19-14-12-18(13-15-19)23(28)26-21-7-5-4-6-20(21)25-22(27)17-10-8-16(2)9-11-17/h4-15H,3H2,1-2H3,(H,25,27)(H,26,28). The van der Waals surface area contributed by atoms with Gasteiger partial charge in [-0.1, -0.05) is 29.8 Å². The zero-order valence-corrected chi connectivity index (χ0v) is 17.2. The highest BCUT2D eigenvalue weighted by Gasteiger charge is 2.13. The van der Waals surface area contributed by atoms with E-state index in [9.17, 15) is 14.4 Å². The summed E-state index contributed by atoms with van der Waals surface area (Å²) in [6.07, 6.45) is -0.807. The molecular weight excluding hydrogens is 396 g/mol. The second-order valence-electron chi connectivity index (χ2n) is 6.63. The third kappa shape index (κ3) is 5.93. The van der Waals surface area contributed by atoms with Crippen LogP contribution in [0.1, 0.15) is 33.2 Å². The number of hydrogen-bond donors (Lipinski definition) is 2. The second kappa shape index (κ2) is 10.1. The van der Waals surface area contributed by atoms with E-state index in [1.54, 1.807) is 43.3 Å². The lowest BCUT2D eigenvalue weighted by Gasteiger charge is -2.13. The van der Waals surface area contributed by atoms with Crippen LogP contribution in [0.2, 0.25) is 0 Å². The van der Waals surface area contributed by atoms with Gasteiger partial charge < -0.3 is 20.1 Å². The van der Waals surface area contributed by atoms with E-state index in [1.807, 2.05) is 19.1 Å². The zero-order valence-electron chi connectivity index (χ0n) is 17.2. The molecule has 0 bridgehead atoms. The van der Waals surface area contributed by atoms with Crippen LogP contribution in [-0.4, -0.2) is 24.6 Å². The van der Waals surface area contributed by atoms with Crippen molar-refractivity contribution in [1.82, 2.24) is 0 Å². The van der Waals surface area contributed by atoms with Gasteiger partial charge in [0.1, 0.15) is 5.75 Å². The number of para-hydroxylation sites is 2. The number of ether oxygens (including phenoxy) is 2. The minimum absolute atomic E-state index is 0.208. The highest BCUT2D eigenvalue weighted by Crippen LogP contribution is 2.23. The Morgan fingerprint density at radius 2 is 1.23 bits per heavy atom. The van der Waals surface area contributed by atoms with Crippen LogP contribution < -0.4 is 15.4 Å². The summed E-state index contributed by atoms with van der Waals surface area (Å²) in [5.41, 5.74) is 2.87. The van der Waals surface area contributed by atoms with Crippen LogP contribution in [-0.2, 0) is 4.74 Å². The molecule has 3 aromatic rings. The first kappa shape index (κ1) is 21.6. The lowest BCUT2D eigenvalue weighted by Crippen LogP contribution is -2.17. The fraction of sp³-hybridized carbons (Fsp3) is 0.125. The third-order valence-corrected chi connectivity index (χ3v) is 4.32. The van der Waals surface area contributed by atoms with Gasteiger partial charge in [0, 0.05) is 11.1 Å². The Hall–Kier alpha value is -4.13. The maximum absolute atomic E-state index is 12.6. The lowest BCUT2D eigenvalue weighted by atomic mass is 10.1. The van der Waals surface area contributed by atoms with E-state index in [0.717, 1.165) is 5.56 Å². The van der Waals surface area contributed by atoms with Gasteiger partial charge in [-0.2, -0.15) is 0 Å². The minimum Gasteiger partial charge on any atom is -0.434 e. The minimum atomic E-state index is -0.807. The molecule has 2 N–H and O–H groups in total. The van der Waals surface area contributed by atoms with E-state index < -0.39 is 6.16 Å². The summed E-state index contributed by atoms with van der Waals surface area (Å²) >= 11 is 0. The van der Waals surface area contributed by atoms with Gasteiger partial charge in [-0.3, -0.25) is 9.59 Å². The first-order valence-electron chi connectivity index (χ1n) is 9.69. The topological polar surface area (TPSA) is 93.7 Å². The summed E-state index contributed by atoms with van der Waals surface area (Å²) in [5.74, 6) is -0.386. The fourth-order valence-electron chi connectivity index (χ4n) is 2.71. The molecule has 7 nitrogen and oxygen atoms in total. The van der Waals surface area contributed by atoms with E-state index in [2.05, 4.69) is 10.6 Å². The summed E-state index contributed by atoms with van der Waals surface area (Å²) in [4.78, 5) is 36.5. The molecule has 0 saturated heterocycles.